The summed E-state index contributed by atoms with van der Waals surface area (Å²) in [5.41, 5.74) is -3.67. The van der Waals surface area contributed by atoms with Crippen molar-refractivity contribution in [2.45, 2.75) is 214 Å². The molecule has 0 heterocycles. The second-order valence-electron chi connectivity index (χ2n) is 16.8. The van der Waals surface area contributed by atoms with Crippen molar-refractivity contribution in [1.82, 2.24) is 0 Å². The zero-order valence-corrected chi connectivity index (χ0v) is 43.9. The van der Waals surface area contributed by atoms with Crippen LogP contribution in [0.1, 0.15) is 214 Å². The molecule has 0 bridgehead atoms. The molecule has 0 N–H and O–H groups in total. The quantitative estimate of drug-likeness (QED) is 0.0462. The molecule has 352 valence electrons. The topological polar surface area (TPSA) is 173 Å². The van der Waals surface area contributed by atoms with Gasteiger partial charge in [0, 0.05) is 0 Å². The molecule has 0 aromatic rings. The van der Waals surface area contributed by atoms with Crippen LogP contribution in [-0.4, -0.2) is 67.0 Å². The first-order valence-corrected chi connectivity index (χ1v) is 28.4. The molecule has 0 aromatic heterocycles. The van der Waals surface area contributed by atoms with Crippen LogP contribution in [0.25, 0.3) is 0 Å². The summed E-state index contributed by atoms with van der Waals surface area (Å²) in [7, 11) is 0. The molecule has 0 radical (unpaired) electrons. The third kappa shape index (κ3) is 12.8. The van der Waals surface area contributed by atoms with Crippen LogP contribution in [0.3, 0.4) is 0 Å². The molecule has 4 unspecified atom stereocenters. The molecule has 0 amide bonds. The summed E-state index contributed by atoms with van der Waals surface area (Å²) in [6.07, 6.45) is 4.71. The molecule has 0 saturated heterocycles. The van der Waals surface area contributed by atoms with Gasteiger partial charge in [-0.05, 0) is 0 Å². The Hall–Kier alpha value is -2.64. The molecule has 12 nitrogen and oxygen atoms in total. The van der Waals surface area contributed by atoms with Gasteiger partial charge in [0.1, 0.15) is 0 Å². The monoisotopic (exact) mass is 972 g/mol. The maximum absolute atomic E-state index is 14.6. The van der Waals surface area contributed by atoms with E-state index in [0.717, 1.165) is 0 Å². The van der Waals surface area contributed by atoms with E-state index in [0.29, 0.717) is 77.0 Å². The Morgan fingerprint density at radius 2 is 0.426 bits per heavy atom. The van der Waals surface area contributed by atoms with E-state index >= 15 is 0 Å². The van der Waals surface area contributed by atoms with Crippen molar-refractivity contribution in [2.24, 2.45) is 45.3 Å². The average Bonchev–Trinajstić information content (AvgIpc) is 3.25. The van der Waals surface area contributed by atoms with E-state index in [1.807, 2.05) is 83.1 Å². The standard InChI is InChI=1S/4C12H22O3.Sn/c4*1-5-9(11(14)15)10(13)12(6-2,7-3)8-4;/h4*9H,5-8H2,1-4H3,(H,14,15);/q;;;;+4/p-4. The van der Waals surface area contributed by atoms with Crippen LogP contribution in [-0.2, 0) is 50.7 Å². The molecule has 0 aliphatic rings. The number of carbonyl (C=O) groups is 8. The minimum atomic E-state index is -7.06. The van der Waals surface area contributed by atoms with Gasteiger partial charge < -0.3 is 0 Å². The molecule has 0 spiro atoms. The molecular weight excluding hydrogens is 887 g/mol. The Morgan fingerprint density at radius 3 is 0.525 bits per heavy atom. The summed E-state index contributed by atoms with van der Waals surface area (Å²) in [4.78, 5) is 116. The van der Waals surface area contributed by atoms with E-state index in [1.165, 1.54) is 0 Å². The molecule has 61 heavy (non-hydrogen) atoms. The van der Waals surface area contributed by atoms with E-state index < -0.39 is 112 Å². The SMILES string of the molecule is CCC(C(=O)[O][Sn]([O]C(=O)C(CC)C(=O)C(CC)(CC)CC)([O]C(=O)C(CC)C(=O)C(CC)(CC)CC)[O]C(=O)C(CC)C(=O)C(CC)(CC)CC)C(=O)C(CC)(CC)CC. The van der Waals surface area contributed by atoms with Crippen molar-refractivity contribution in [2.75, 3.05) is 0 Å². The zero-order chi connectivity index (χ0) is 47.6. The fourth-order valence-electron chi connectivity index (χ4n) is 9.31. The van der Waals surface area contributed by atoms with Gasteiger partial charge in [-0.1, -0.05) is 0 Å². The van der Waals surface area contributed by atoms with E-state index in [2.05, 4.69) is 0 Å². The fourth-order valence-corrected chi connectivity index (χ4v) is 14.5. The molecule has 0 aromatic carbocycles. The summed E-state index contributed by atoms with van der Waals surface area (Å²) in [6.45, 7) is 28.6. The van der Waals surface area contributed by atoms with Crippen LogP contribution in [0.2, 0.25) is 0 Å². The first-order chi connectivity index (χ1) is 28.7. The van der Waals surface area contributed by atoms with Gasteiger partial charge in [0.25, 0.3) is 0 Å². The predicted molar refractivity (Wildman–Crippen MR) is 238 cm³/mol. The van der Waals surface area contributed by atoms with Gasteiger partial charge in [-0.15, -0.1) is 0 Å². The second kappa shape index (κ2) is 26.2. The maximum atomic E-state index is 14.6. The zero-order valence-electron chi connectivity index (χ0n) is 41.0. The molecular formula is C48H84O12Sn. The van der Waals surface area contributed by atoms with Crippen molar-refractivity contribution in [3.63, 3.8) is 0 Å². The number of Topliss-reactive ketones (excluding diaryl/α,β-unsaturated/α-hetero) is 4. The number of ketones is 4. The van der Waals surface area contributed by atoms with Gasteiger partial charge in [0.05, 0.1) is 0 Å². The van der Waals surface area contributed by atoms with Crippen molar-refractivity contribution in [3.8, 4) is 0 Å². The Kier molecular flexibility index (Phi) is 25.1. The molecule has 0 aliphatic heterocycles. The van der Waals surface area contributed by atoms with Crippen molar-refractivity contribution in [1.29, 1.82) is 0 Å². The second-order valence-corrected chi connectivity index (χ2v) is 22.0. The Morgan fingerprint density at radius 1 is 0.295 bits per heavy atom. The number of rotatable bonds is 32. The van der Waals surface area contributed by atoms with Gasteiger partial charge in [-0.3, -0.25) is 0 Å². The molecule has 0 saturated carbocycles. The fraction of sp³-hybridized carbons (Fsp3) is 0.833. The van der Waals surface area contributed by atoms with Crippen LogP contribution in [0.15, 0.2) is 0 Å². The van der Waals surface area contributed by atoms with Gasteiger partial charge in [-0.2, -0.15) is 0 Å². The van der Waals surface area contributed by atoms with E-state index in [4.69, 9.17) is 12.3 Å². The van der Waals surface area contributed by atoms with Gasteiger partial charge in [0.2, 0.25) is 0 Å². The average molecular weight is 972 g/mol. The van der Waals surface area contributed by atoms with Crippen LogP contribution < -0.4 is 0 Å². The molecule has 0 fully saturated rings. The first-order valence-electron chi connectivity index (χ1n) is 23.8. The normalized spacial score (nSPS) is 15.3. The summed E-state index contributed by atoms with van der Waals surface area (Å²) in [6, 6.07) is 0. The van der Waals surface area contributed by atoms with Crippen molar-refractivity contribution >= 4 is 67.0 Å². The van der Waals surface area contributed by atoms with Crippen molar-refractivity contribution in [3.05, 3.63) is 0 Å². The molecule has 0 rings (SSSR count). The summed E-state index contributed by atoms with van der Waals surface area (Å²) in [5.74, 6) is -12.4. The number of carbonyl (C=O) groups excluding carboxylic acids is 8. The van der Waals surface area contributed by atoms with Gasteiger partial charge in [-0.25, -0.2) is 0 Å². The summed E-state index contributed by atoms with van der Waals surface area (Å²) < 4.78 is 24.2. The molecule has 4 atom stereocenters. The summed E-state index contributed by atoms with van der Waals surface area (Å²) >= 11 is -7.06. The van der Waals surface area contributed by atoms with E-state index in [1.54, 1.807) is 27.7 Å². The van der Waals surface area contributed by atoms with Gasteiger partial charge >= 0.3 is 377 Å². The van der Waals surface area contributed by atoms with Crippen LogP contribution in [0.5, 0.6) is 0 Å². The number of hydrogen-bond acceptors (Lipinski definition) is 12. The predicted octanol–water partition coefficient (Wildman–Crippen LogP) is 10.8. The van der Waals surface area contributed by atoms with Crippen LogP contribution in [0.4, 0.5) is 0 Å². The summed E-state index contributed by atoms with van der Waals surface area (Å²) in [5, 5.41) is 0. The van der Waals surface area contributed by atoms with E-state index in [-0.39, 0.29) is 25.7 Å². The van der Waals surface area contributed by atoms with E-state index in [9.17, 15) is 38.4 Å². The van der Waals surface area contributed by atoms with Gasteiger partial charge in [0.15, 0.2) is 0 Å². The third-order valence-corrected chi connectivity index (χ3v) is 20.3. The number of hydrogen-bond donors (Lipinski definition) is 0. The van der Waals surface area contributed by atoms with Crippen molar-refractivity contribution < 1.29 is 50.7 Å². The Labute approximate surface area is 374 Å². The minimum absolute atomic E-state index is 0.0521. The van der Waals surface area contributed by atoms with Crippen LogP contribution >= 0.6 is 0 Å². The Balaban J connectivity index is 8.40. The van der Waals surface area contributed by atoms with Crippen LogP contribution in [0, 0.1) is 45.3 Å². The molecule has 0 aliphatic carbocycles. The first kappa shape index (κ1) is 58.4. The third-order valence-electron chi connectivity index (χ3n) is 15.2. The Bertz CT molecular complexity index is 1230. The molecule has 13 heteroatoms.